The van der Waals surface area contributed by atoms with Crippen molar-refractivity contribution in [3.05, 3.63) is 17.5 Å². The Labute approximate surface area is 106 Å². The van der Waals surface area contributed by atoms with E-state index in [0.29, 0.717) is 24.5 Å². The molecule has 0 atom stereocenters. The van der Waals surface area contributed by atoms with E-state index in [1.54, 1.807) is 6.07 Å². The van der Waals surface area contributed by atoms with Gasteiger partial charge in [0.15, 0.2) is 5.69 Å². The quantitative estimate of drug-likeness (QED) is 0.764. The summed E-state index contributed by atoms with van der Waals surface area (Å²) >= 11 is 0. The summed E-state index contributed by atoms with van der Waals surface area (Å²) in [4.78, 5) is 22.6. The number of carbonyl (C=O) groups is 2. The number of hydrogen-bond acceptors (Lipinski definition) is 4. The molecule has 5 nitrogen and oxygen atoms in total. The van der Waals surface area contributed by atoms with Crippen LogP contribution in [0.25, 0.3) is 0 Å². The summed E-state index contributed by atoms with van der Waals surface area (Å²) in [5, 5.41) is 4.28. The van der Waals surface area contributed by atoms with Gasteiger partial charge in [-0.25, -0.2) is 4.79 Å². The number of Topliss-reactive ketones (excluding diaryl/α,β-unsaturated/α-hetero) is 1. The van der Waals surface area contributed by atoms with E-state index in [1.165, 1.54) is 7.11 Å². The molecule has 0 aromatic carbocycles. The van der Waals surface area contributed by atoms with Crippen LogP contribution in [-0.2, 0) is 16.1 Å². The predicted molar refractivity (Wildman–Crippen MR) is 65.4 cm³/mol. The second-order valence-corrected chi connectivity index (χ2v) is 5.17. The fraction of sp³-hybridized carbons (Fsp3) is 0.615. The molecule has 0 unspecified atom stereocenters. The summed E-state index contributed by atoms with van der Waals surface area (Å²) in [6.45, 7) is 4.93. The van der Waals surface area contributed by atoms with Gasteiger partial charge in [0.2, 0.25) is 0 Å². The molecule has 1 fully saturated rings. The number of nitrogens with zero attached hydrogens (tertiary/aromatic N) is 2. The summed E-state index contributed by atoms with van der Waals surface area (Å²) in [5.41, 5.74) is 1.30. The number of rotatable bonds is 4. The molecule has 1 heterocycles. The maximum atomic E-state index is 11.5. The third-order valence-electron chi connectivity index (χ3n) is 3.11. The first-order valence-electron chi connectivity index (χ1n) is 6.19. The largest absolute Gasteiger partial charge is 0.464 e. The van der Waals surface area contributed by atoms with Gasteiger partial charge < -0.3 is 4.74 Å². The average molecular weight is 250 g/mol. The summed E-state index contributed by atoms with van der Waals surface area (Å²) in [6, 6.07) is 1.76. The monoisotopic (exact) mass is 250 g/mol. The maximum absolute atomic E-state index is 11.5. The molecule has 0 amide bonds. The van der Waals surface area contributed by atoms with Gasteiger partial charge in [0.25, 0.3) is 0 Å². The lowest BCUT2D eigenvalue weighted by molar-refractivity contribution is -0.124. The normalized spacial score (nSPS) is 15.9. The van der Waals surface area contributed by atoms with Crippen LogP contribution in [0.5, 0.6) is 0 Å². The molecule has 1 saturated carbocycles. The highest BCUT2D eigenvalue weighted by Gasteiger charge is 2.32. The molecule has 0 aliphatic heterocycles. The van der Waals surface area contributed by atoms with Crippen LogP contribution in [-0.4, -0.2) is 28.6 Å². The van der Waals surface area contributed by atoms with Crippen molar-refractivity contribution in [2.45, 2.75) is 39.2 Å². The SMILES string of the molecule is COC(=O)c1cc(C2CC(=O)C2)n(CC(C)C)n1. The van der Waals surface area contributed by atoms with Crippen LogP contribution in [0.4, 0.5) is 0 Å². The number of methoxy groups -OCH3 is 1. The number of ether oxygens (including phenoxy) is 1. The van der Waals surface area contributed by atoms with Gasteiger partial charge in [-0.2, -0.15) is 5.10 Å². The number of esters is 1. The summed E-state index contributed by atoms with van der Waals surface area (Å²) < 4.78 is 6.52. The third-order valence-corrected chi connectivity index (χ3v) is 3.11. The molecule has 1 aliphatic carbocycles. The van der Waals surface area contributed by atoms with Crippen LogP contribution in [0.15, 0.2) is 6.07 Å². The molecule has 0 radical (unpaired) electrons. The van der Waals surface area contributed by atoms with Crippen molar-refractivity contribution in [2.24, 2.45) is 5.92 Å². The van der Waals surface area contributed by atoms with E-state index in [2.05, 4.69) is 23.7 Å². The highest BCUT2D eigenvalue weighted by atomic mass is 16.5. The molecule has 1 aromatic heterocycles. The summed E-state index contributed by atoms with van der Waals surface area (Å²) in [5.74, 6) is 0.494. The van der Waals surface area contributed by atoms with E-state index >= 15 is 0 Å². The fourth-order valence-electron chi connectivity index (χ4n) is 2.16. The Balaban J connectivity index is 2.26. The van der Waals surface area contributed by atoms with E-state index in [-0.39, 0.29) is 11.7 Å². The molecule has 1 aliphatic rings. The summed E-state index contributed by atoms with van der Waals surface area (Å²) in [7, 11) is 1.34. The van der Waals surface area contributed by atoms with Gasteiger partial charge >= 0.3 is 5.97 Å². The van der Waals surface area contributed by atoms with E-state index in [0.717, 1.165) is 12.2 Å². The van der Waals surface area contributed by atoms with Gasteiger partial charge in [-0.3, -0.25) is 9.48 Å². The van der Waals surface area contributed by atoms with Crippen molar-refractivity contribution < 1.29 is 14.3 Å². The van der Waals surface area contributed by atoms with Gasteiger partial charge in [-0.15, -0.1) is 0 Å². The highest BCUT2D eigenvalue weighted by Crippen LogP contribution is 2.34. The Hall–Kier alpha value is -1.65. The third kappa shape index (κ3) is 2.44. The van der Waals surface area contributed by atoms with E-state index < -0.39 is 5.97 Å². The molecule has 0 spiro atoms. The Kier molecular flexibility index (Phi) is 3.50. The lowest BCUT2D eigenvalue weighted by atomic mass is 9.81. The van der Waals surface area contributed by atoms with Crippen molar-refractivity contribution >= 4 is 11.8 Å². The molecule has 2 rings (SSSR count). The van der Waals surface area contributed by atoms with Crippen LogP contribution >= 0.6 is 0 Å². The smallest absolute Gasteiger partial charge is 0.358 e. The van der Waals surface area contributed by atoms with Crippen molar-refractivity contribution in [1.29, 1.82) is 0 Å². The first-order valence-corrected chi connectivity index (χ1v) is 6.19. The molecule has 5 heteroatoms. The molecule has 0 bridgehead atoms. The topological polar surface area (TPSA) is 61.2 Å². The zero-order chi connectivity index (χ0) is 13.3. The zero-order valence-electron chi connectivity index (χ0n) is 11.0. The molecular formula is C13H18N2O3. The fourth-order valence-corrected chi connectivity index (χ4v) is 2.16. The Morgan fingerprint density at radius 3 is 2.72 bits per heavy atom. The minimum Gasteiger partial charge on any atom is -0.464 e. The molecule has 18 heavy (non-hydrogen) atoms. The number of aromatic nitrogens is 2. The van der Waals surface area contributed by atoms with E-state index in [1.807, 2.05) is 4.68 Å². The van der Waals surface area contributed by atoms with Gasteiger partial charge in [0.05, 0.1) is 7.11 Å². The van der Waals surface area contributed by atoms with E-state index in [4.69, 9.17) is 0 Å². The zero-order valence-corrected chi connectivity index (χ0v) is 11.0. The maximum Gasteiger partial charge on any atom is 0.358 e. The second kappa shape index (κ2) is 4.92. The molecule has 98 valence electrons. The average Bonchev–Trinajstić information content (AvgIpc) is 2.66. The summed E-state index contributed by atoms with van der Waals surface area (Å²) in [6.07, 6.45) is 1.12. The Morgan fingerprint density at radius 2 is 2.22 bits per heavy atom. The van der Waals surface area contributed by atoms with Crippen molar-refractivity contribution in [1.82, 2.24) is 9.78 Å². The standard InChI is InChI=1S/C13H18N2O3/c1-8(2)7-15-12(9-4-10(16)5-9)6-11(14-15)13(17)18-3/h6,8-9H,4-5,7H2,1-3H3. The van der Waals surface area contributed by atoms with Crippen LogP contribution in [0.3, 0.4) is 0 Å². The minimum absolute atomic E-state index is 0.210. The van der Waals surface area contributed by atoms with Gasteiger partial charge in [-0.1, -0.05) is 13.8 Å². The first-order chi connectivity index (χ1) is 8.51. The minimum atomic E-state index is -0.426. The molecule has 0 N–H and O–H groups in total. The number of hydrogen-bond donors (Lipinski definition) is 0. The van der Waals surface area contributed by atoms with Gasteiger partial charge in [-0.05, 0) is 12.0 Å². The highest BCUT2D eigenvalue weighted by molar-refractivity contribution is 5.88. The van der Waals surface area contributed by atoms with Crippen molar-refractivity contribution in [2.75, 3.05) is 7.11 Å². The predicted octanol–water partition coefficient (Wildman–Crippen LogP) is 1.77. The first kappa shape index (κ1) is 12.8. The van der Waals surface area contributed by atoms with E-state index in [9.17, 15) is 9.59 Å². The van der Waals surface area contributed by atoms with Gasteiger partial charge in [0.1, 0.15) is 5.78 Å². The van der Waals surface area contributed by atoms with Crippen LogP contribution in [0, 0.1) is 5.92 Å². The molecule has 0 saturated heterocycles. The lowest BCUT2D eigenvalue weighted by Crippen LogP contribution is -2.24. The van der Waals surface area contributed by atoms with Crippen LogP contribution < -0.4 is 0 Å². The number of carbonyl (C=O) groups excluding carboxylic acids is 2. The Bertz CT molecular complexity index is 469. The molecule has 1 aromatic rings. The van der Waals surface area contributed by atoms with Crippen molar-refractivity contribution in [3.8, 4) is 0 Å². The lowest BCUT2D eigenvalue weighted by Gasteiger charge is -2.25. The van der Waals surface area contributed by atoms with Crippen molar-refractivity contribution in [3.63, 3.8) is 0 Å². The Morgan fingerprint density at radius 1 is 1.56 bits per heavy atom. The molecular weight excluding hydrogens is 232 g/mol. The van der Waals surface area contributed by atoms with Crippen LogP contribution in [0.1, 0.15) is 48.8 Å². The number of ketones is 1. The second-order valence-electron chi connectivity index (χ2n) is 5.17. The van der Waals surface area contributed by atoms with Crippen LogP contribution in [0.2, 0.25) is 0 Å². The van der Waals surface area contributed by atoms with Gasteiger partial charge in [0, 0.05) is 31.0 Å².